The summed E-state index contributed by atoms with van der Waals surface area (Å²) in [6.45, 7) is 5.31. The summed E-state index contributed by atoms with van der Waals surface area (Å²) in [5, 5.41) is 10.8. The third-order valence-corrected chi connectivity index (χ3v) is 5.16. The van der Waals surface area contributed by atoms with Gasteiger partial charge in [-0.1, -0.05) is 0 Å². The molecule has 1 saturated heterocycles. The molecule has 1 N–H and O–H groups in total. The van der Waals surface area contributed by atoms with Crippen molar-refractivity contribution >= 4 is 11.9 Å². The van der Waals surface area contributed by atoms with Crippen molar-refractivity contribution in [3.05, 3.63) is 11.1 Å². The molecule has 5 heteroatoms. The summed E-state index contributed by atoms with van der Waals surface area (Å²) < 4.78 is 11.1. The van der Waals surface area contributed by atoms with Crippen LogP contribution in [-0.2, 0) is 19.1 Å². The topological polar surface area (TPSA) is 72.8 Å². The van der Waals surface area contributed by atoms with E-state index in [0.29, 0.717) is 31.3 Å². The van der Waals surface area contributed by atoms with Crippen molar-refractivity contribution < 1.29 is 24.2 Å². The maximum absolute atomic E-state index is 11.8. The molecule has 4 unspecified atom stereocenters. The summed E-state index contributed by atoms with van der Waals surface area (Å²) >= 11 is 0. The normalized spacial score (nSPS) is 44.4. The minimum atomic E-state index is -0.974. The molecule has 0 aromatic heterocycles. The van der Waals surface area contributed by atoms with Gasteiger partial charge in [-0.15, -0.1) is 0 Å². The van der Waals surface area contributed by atoms with Crippen LogP contribution in [0, 0.1) is 5.92 Å². The van der Waals surface area contributed by atoms with Gasteiger partial charge in [-0.05, 0) is 45.6 Å². The zero-order valence-corrected chi connectivity index (χ0v) is 12.1. The van der Waals surface area contributed by atoms with E-state index in [4.69, 9.17) is 9.47 Å². The molecular weight excluding hydrogens is 260 g/mol. The molecule has 20 heavy (non-hydrogen) atoms. The molecule has 0 aromatic rings. The Hall–Kier alpha value is -1.36. The Bertz CT molecular complexity index is 518. The van der Waals surface area contributed by atoms with E-state index in [1.165, 1.54) is 0 Å². The fourth-order valence-corrected chi connectivity index (χ4v) is 4.02. The van der Waals surface area contributed by atoms with E-state index < -0.39 is 17.3 Å². The summed E-state index contributed by atoms with van der Waals surface area (Å²) in [4.78, 5) is 23.6. The van der Waals surface area contributed by atoms with Gasteiger partial charge in [-0.2, -0.15) is 0 Å². The molecule has 2 heterocycles. The van der Waals surface area contributed by atoms with Crippen molar-refractivity contribution in [3.63, 3.8) is 0 Å². The largest absolute Gasteiger partial charge is 0.455 e. The first-order valence-electron chi connectivity index (χ1n) is 7.10. The lowest BCUT2D eigenvalue weighted by Gasteiger charge is -2.47. The van der Waals surface area contributed by atoms with Crippen LogP contribution in [0.2, 0.25) is 0 Å². The Balaban J connectivity index is 2.11. The average molecular weight is 280 g/mol. The van der Waals surface area contributed by atoms with Crippen LogP contribution in [0.15, 0.2) is 11.1 Å². The van der Waals surface area contributed by atoms with E-state index in [9.17, 15) is 14.7 Å². The van der Waals surface area contributed by atoms with Crippen molar-refractivity contribution in [2.75, 3.05) is 0 Å². The summed E-state index contributed by atoms with van der Waals surface area (Å²) in [5.41, 5.74) is -0.443. The minimum Gasteiger partial charge on any atom is -0.455 e. The predicted octanol–water partition coefficient (Wildman–Crippen LogP) is 1.49. The van der Waals surface area contributed by atoms with Gasteiger partial charge in [-0.25, -0.2) is 4.79 Å². The number of ether oxygens (including phenoxy) is 2. The van der Waals surface area contributed by atoms with Gasteiger partial charge in [0.1, 0.15) is 0 Å². The molecule has 0 aromatic carbocycles. The van der Waals surface area contributed by atoms with Gasteiger partial charge >= 0.3 is 11.9 Å². The highest BCUT2D eigenvalue weighted by molar-refractivity contribution is 5.92. The highest BCUT2D eigenvalue weighted by Crippen LogP contribution is 2.51. The van der Waals surface area contributed by atoms with Crippen LogP contribution < -0.4 is 0 Å². The molecule has 0 amide bonds. The molecule has 1 saturated carbocycles. The molecular formula is C15H20O5. The number of rotatable bonds is 0. The van der Waals surface area contributed by atoms with E-state index in [-0.39, 0.29) is 17.9 Å². The molecule has 2 aliphatic heterocycles. The molecule has 1 aliphatic carbocycles. The highest BCUT2D eigenvalue weighted by atomic mass is 16.6. The lowest BCUT2D eigenvalue weighted by Crippen LogP contribution is -2.58. The minimum absolute atomic E-state index is 0.228. The number of aliphatic hydroxyl groups is 1. The fraction of sp³-hybridized carbons (Fsp3) is 0.733. The second-order valence-corrected chi connectivity index (χ2v) is 6.54. The molecule has 3 rings (SSSR count). The van der Waals surface area contributed by atoms with Gasteiger partial charge in [-0.3, -0.25) is 4.79 Å². The predicted molar refractivity (Wildman–Crippen MR) is 69.7 cm³/mol. The van der Waals surface area contributed by atoms with Gasteiger partial charge in [0.15, 0.2) is 11.7 Å². The Morgan fingerprint density at radius 2 is 1.95 bits per heavy atom. The van der Waals surface area contributed by atoms with Gasteiger partial charge in [0.2, 0.25) is 0 Å². The van der Waals surface area contributed by atoms with Crippen LogP contribution in [0.5, 0.6) is 0 Å². The van der Waals surface area contributed by atoms with E-state index in [2.05, 4.69) is 0 Å². The molecule has 0 spiro atoms. The Morgan fingerprint density at radius 3 is 2.65 bits per heavy atom. The Labute approximate surface area is 117 Å². The maximum atomic E-state index is 11.8. The first-order chi connectivity index (χ1) is 9.25. The van der Waals surface area contributed by atoms with Crippen LogP contribution in [0.4, 0.5) is 0 Å². The SMILES string of the molecule is CC1=C2CCC(C)(O)C3CCC(=O)OC3(C)C2OC1=O. The van der Waals surface area contributed by atoms with E-state index in [1.807, 2.05) is 0 Å². The zero-order valence-electron chi connectivity index (χ0n) is 12.1. The fourth-order valence-electron chi connectivity index (χ4n) is 4.02. The Morgan fingerprint density at radius 1 is 1.25 bits per heavy atom. The third-order valence-electron chi connectivity index (χ3n) is 5.16. The van der Waals surface area contributed by atoms with Crippen molar-refractivity contribution in [1.82, 2.24) is 0 Å². The molecule has 4 atom stereocenters. The number of hydrogen-bond donors (Lipinski definition) is 1. The van der Waals surface area contributed by atoms with Crippen molar-refractivity contribution in [3.8, 4) is 0 Å². The standard InChI is InChI=1S/C15H20O5/c1-8-9-6-7-14(2,18)10-4-5-11(16)20-15(10,3)12(9)19-13(8)17/h10,12,18H,4-7H2,1-3H3. The molecule has 0 bridgehead atoms. The van der Waals surface area contributed by atoms with Crippen LogP contribution >= 0.6 is 0 Å². The summed E-state index contributed by atoms with van der Waals surface area (Å²) in [7, 11) is 0. The number of hydrogen-bond acceptors (Lipinski definition) is 5. The van der Waals surface area contributed by atoms with Crippen molar-refractivity contribution in [1.29, 1.82) is 0 Å². The van der Waals surface area contributed by atoms with Crippen LogP contribution in [0.1, 0.15) is 46.5 Å². The first-order valence-corrected chi connectivity index (χ1v) is 7.10. The Kier molecular flexibility index (Phi) is 2.77. The van der Waals surface area contributed by atoms with E-state index in [0.717, 1.165) is 5.57 Å². The molecule has 3 aliphatic rings. The summed E-state index contributed by atoms with van der Waals surface area (Å²) in [6, 6.07) is 0. The van der Waals surface area contributed by atoms with Crippen molar-refractivity contribution in [2.24, 2.45) is 5.92 Å². The number of carbonyl (C=O) groups is 2. The average Bonchev–Trinajstić information content (AvgIpc) is 2.59. The smallest absolute Gasteiger partial charge is 0.334 e. The van der Waals surface area contributed by atoms with Crippen LogP contribution in [0.25, 0.3) is 0 Å². The number of fused-ring (bicyclic) bond motifs is 3. The van der Waals surface area contributed by atoms with E-state index in [1.54, 1.807) is 20.8 Å². The van der Waals surface area contributed by atoms with E-state index >= 15 is 0 Å². The van der Waals surface area contributed by atoms with Crippen molar-refractivity contribution in [2.45, 2.75) is 63.8 Å². The van der Waals surface area contributed by atoms with Gasteiger partial charge < -0.3 is 14.6 Å². The van der Waals surface area contributed by atoms with Gasteiger partial charge in [0.25, 0.3) is 0 Å². The number of esters is 2. The first kappa shape index (κ1) is 13.6. The van der Waals surface area contributed by atoms with Crippen LogP contribution in [0.3, 0.4) is 0 Å². The summed E-state index contributed by atoms with van der Waals surface area (Å²) in [5.74, 6) is -0.858. The maximum Gasteiger partial charge on any atom is 0.334 e. The molecule has 0 radical (unpaired) electrons. The quantitative estimate of drug-likeness (QED) is 0.680. The molecule has 110 valence electrons. The summed E-state index contributed by atoms with van der Waals surface area (Å²) in [6.07, 6.45) is 1.44. The zero-order chi connectivity index (χ0) is 14.7. The second-order valence-electron chi connectivity index (χ2n) is 6.54. The molecule has 2 fully saturated rings. The monoisotopic (exact) mass is 280 g/mol. The van der Waals surface area contributed by atoms with Gasteiger partial charge in [0.05, 0.1) is 5.60 Å². The lowest BCUT2D eigenvalue weighted by atomic mass is 9.70. The van der Waals surface area contributed by atoms with Crippen LogP contribution in [-0.4, -0.2) is 34.4 Å². The number of carbonyl (C=O) groups excluding carboxylic acids is 2. The van der Waals surface area contributed by atoms with Gasteiger partial charge in [0, 0.05) is 17.9 Å². The lowest BCUT2D eigenvalue weighted by molar-refractivity contribution is -0.211. The third kappa shape index (κ3) is 1.72. The second kappa shape index (κ2) is 4.07. The highest BCUT2D eigenvalue weighted by Gasteiger charge is 2.60. The molecule has 5 nitrogen and oxygen atoms in total.